The van der Waals surface area contributed by atoms with Crippen LogP contribution in [0.5, 0.6) is 0 Å². The molecule has 2 unspecified atom stereocenters. The molecule has 1 aliphatic heterocycles. The quantitative estimate of drug-likeness (QED) is 0.322. The third-order valence-corrected chi connectivity index (χ3v) is 5.84. The van der Waals surface area contributed by atoms with Crippen molar-refractivity contribution in [2.24, 2.45) is 4.99 Å². The Kier molecular flexibility index (Phi) is 8.54. The van der Waals surface area contributed by atoms with Crippen LogP contribution in [0.25, 0.3) is 10.1 Å². The van der Waals surface area contributed by atoms with Crippen LogP contribution in [0, 0.1) is 0 Å². The van der Waals surface area contributed by atoms with Gasteiger partial charge in [-0.05, 0) is 43.7 Å². The van der Waals surface area contributed by atoms with E-state index in [1.54, 1.807) is 11.3 Å². The van der Waals surface area contributed by atoms with Crippen molar-refractivity contribution >= 4 is 27.4 Å². The van der Waals surface area contributed by atoms with Gasteiger partial charge < -0.3 is 25.2 Å². The van der Waals surface area contributed by atoms with Crippen molar-refractivity contribution in [3.63, 3.8) is 0 Å². The minimum absolute atomic E-state index is 0.280. The Morgan fingerprint density at radius 2 is 2.29 bits per heavy atom. The molecule has 1 aliphatic rings. The Balaban J connectivity index is 1.40. The summed E-state index contributed by atoms with van der Waals surface area (Å²) in [4.78, 5) is 5.48. The SMILES string of the molecule is CCNC(=NCC(O)c1cc2ccccc2s1)NCCCOCC1CCCO1. The van der Waals surface area contributed by atoms with Gasteiger partial charge in [-0.2, -0.15) is 0 Å². The molecule has 1 fully saturated rings. The average Bonchev–Trinajstić information content (AvgIpc) is 3.37. The molecular weight excluding hydrogens is 374 g/mol. The fourth-order valence-corrected chi connectivity index (χ4v) is 4.19. The molecule has 1 aromatic heterocycles. The highest BCUT2D eigenvalue weighted by Gasteiger charge is 2.15. The Hall–Kier alpha value is -1.67. The van der Waals surface area contributed by atoms with Crippen molar-refractivity contribution in [1.29, 1.82) is 0 Å². The molecule has 28 heavy (non-hydrogen) atoms. The summed E-state index contributed by atoms with van der Waals surface area (Å²) in [5, 5.41) is 18.2. The molecule has 0 radical (unpaired) electrons. The minimum Gasteiger partial charge on any atom is -0.386 e. The highest BCUT2D eigenvalue weighted by atomic mass is 32.1. The Labute approximate surface area is 171 Å². The van der Waals surface area contributed by atoms with Gasteiger partial charge in [-0.1, -0.05) is 18.2 Å². The second-order valence-electron chi connectivity index (χ2n) is 6.91. The number of rotatable bonds is 10. The number of fused-ring (bicyclic) bond motifs is 1. The molecule has 1 aromatic carbocycles. The van der Waals surface area contributed by atoms with Crippen molar-refractivity contribution in [2.45, 2.75) is 38.4 Å². The van der Waals surface area contributed by atoms with Gasteiger partial charge in [0.1, 0.15) is 6.10 Å². The van der Waals surface area contributed by atoms with Crippen LogP contribution in [0.1, 0.15) is 37.2 Å². The summed E-state index contributed by atoms with van der Waals surface area (Å²) >= 11 is 1.62. The van der Waals surface area contributed by atoms with Gasteiger partial charge in [0.2, 0.25) is 0 Å². The van der Waals surface area contributed by atoms with Crippen LogP contribution in [0.3, 0.4) is 0 Å². The lowest BCUT2D eigenvalue weighted by Crippen LogP contribution is -2.38. The zero-order chi connectivity index (χ0) is 19.6. The number of hydrogen-bond donors (Lipinski definition) is 3. The molecule has 2 heterocycles. The zero-order valence-electron chi connectivity index (χ0n) is 16.5. The van der Waals surface area contributed by atoms with Gasteiger partial charge >= 0.3 is 0 Å². The van der Waals surface area contributed by atoms with E-state index in [9.17, 15) is 5.11 Å². The van der Waals surface area contributed by atoms with Gasteiger partial charge in [-0.25, -0.2) is 0 Å². The van der Waals surface area contributed by atoms with Gasteiger partial charge in [0.05, 0.1) is 19.3 Å². The molecule has 6 nitrogen and oxygen atoms in total. The van der Waals surface area contributed by atoms with Crippen LogP contribution in [-0.2, 0) is 9.47 Å². The molecule has 2 atom stereocenters. The second kappa shape index (κ2) is 11.4. The van der Waals surface area contributed by atoms with E-state index in [0.29, 0.717) is 19.8 Å². The average molecular weight is 406 g/mol. The molecule has 154 valence electrons. The fourth-order valence-electron chi connectivity index (χ4n) is 3.15. The van der Waals surface area contributed by atoms with E-state index in [0.717, 1.165) is 49.8 Å². The predicted octanol–water partition coefficient (Wildman–Crippen LogP) is 3.08. The largest absolute Gasteiger partial charge is 0.386 e. The van der Waals surface area contributed by atoms with E-state index in [1.807, 2.05) is 25.1 Å². The molecule has 1 saturated heterocycles. The van der Waals surface area contributed by atoms with Gasteiger partial charge in [0.15, 0.2) is 5.96 Å². The fraction of sp³-hybridized carbons (Fsp3) is 0.571. The first-order chi connectivity index (χ1) is 13.8. The van der Waals surface area contributed by atoms with Gasteiger partial charge in [0.25, 0.3) is 0 Å². The molecule has 0 bridgehead atoms. The van der Waals surface area contributed by atoms with Crippen molar-refractivity contribution < 1.29 is 14.6 Å². The van der Waals surface area contributed by atoms with E-state index in [4.69, 9.17) is 9.47 Å². The summed E-state index contributed by atoms with van der Waals surface area (Å²) in [5.41, 5.74) is 0. The standard InChI is InChI=1S/C21H31N3O3S/c1-2-22-21(23-10-6-11-26-15-17-8-5-12-27-17)24-14-18(25)20-13-16-7-3-4-9-19(16)28-20/h3-4,7,9,13,17-18,25H,2,5-6,8,10-12,14-15H2,1H3,(H2,22,23,24). The first-order valence-electron chi connectivity index (χ1n) is 10.1. The second-order valence-corrected chi connectivity index (χ2v) is 8.03. The summed E-state index contributed by atoms with van der Waals surface area (Å²) in [7, 11) is 0. The number of nitrogens with one attached hydrogen (secondary N) is 2. The lowest BCUT2D eigenvalue weighted by Gasteiger charge is -2.13. The molecule has 0 spiro atoms. The Morgan fingerprint density at radius 1 is 1.39 bits per heavy atom. The lowest BCUT2D eigenvalue weighted by molar-refractivity contribution is 0.0168. The molecule has 2 aromatic rings. The van der Waals surface area contributed by atoms with Crippen molar-refractivity contribution in [3.8, 4) is 0 Å². The summed E-state index contributed by atoms with van der Waals surface area (Å²) < 4.78 is 12.4. The Bertz CT molecular complexity index is 710. The van der Waals surface area contributed by atoms with Gasteiger partial charge in [0, 0.05) is 35.9 Å². The van der Waals surface area contributed by atoms with Crippen LogP contribution in [-0.4, -0.2) is 56.6 Å². The Morgan fingerprint density at radius 3 is 3.07 bits per heavy atom. The highest BCUT2D eigenvalue weighted by molar-refractivity contribution is 7.19. The summed E-state index contributed by atoms with van der Waals surface area (Å²) in [6.07, 6.45) is 2.84. The molecule has 0 saturated carbocycles. The zero-order valence-corrected chi connectivity index (χ0v) is 17.3. The number of nitrogens with zero attached hydrogens (tertiary/aromatic N) is 1. The number of benzene rings is 1. The van der Waals surface area contributed by atoms with Crippen LogP contribution < -0.4 is 10.6 Å². The lowest BCUT2D eigenvalue weighted by atomic mass is 10.2. The van der Waals surface area contributed by atoms with Crippen LogP contribution in [0.2, 0.25) is 0 Å². The molecular formula is C21H31N3O3S. The molecule has 0 amide bonds. The predicted molar refractivity (Wildman–Crippen MR) is 115 cm³/mol. The topological polar surface area (TPSA) is 75.1 Å². The highest BCUT2D eigenvalue weighted by Crippen LogP contribution is 2.29. The van der Waals surface area contributed by atoms with Crippen molar-refractivity contribution in [3.05, 3.63) is 35.2 Å². The number of aliphatic imine (C=N–C) groups is 1. The number of thiophene rings is 1. The van der Waals surface area contributed by atoms with Gasteiger partial charge in [-0.3, -0.25) is 4.99 Å². The van der Waals surface area contributed by atoms with Gasteiger partial charge in [-0.15, -0.1) is 11.3 Å². The van der Waals surface area contributed by atoms with Crippen LogP contribution in [0.4, 0.5) is 0 Å². The van der Waals surface area contributed by atoms with Crippen molar-refractivity contribution in [2.75, 3.05) is 39.5 Å². The molecule has 7 heteroatoms. The first-order valence-corrected chi connectivity index (χ1v) is 11.0. The number of hydrogen-bond acceptors (Lipinski definition) is 5. The van der Waals surface area contributed by atoms with E-state index >= 15 is 0 Å². The molecule has 3 rings (SSSR count). The number of aliphatic hydroxyl groups is 1. The smallest absolute Gasteiger partial charge is 0.191 e. The minimum atomic E-state index is -0.595. The normalized spacial score (nSPS) is 18.5. The van der Waals surface area contributed by atoms with E-state index in [1.165, 1.54) is 10.1 Å². The van der Waals surface area contributed by atoms with Crippen LogP contribution in [0.15, 0.2) is 35.3 Å². The van der Waals surface area contributed by atoms with E-state index in [-0.39, 0.29) is 6.10 Å². The van der Waals surface area contributed by atoms with E-state index < -0.39 is 6.10 Å². The maximum Gasteiger partial charge on any atom is 0.191 e. The maximum absolute atomic E-state index is 10.5. The molecule has 0 aliphatic carbocycles. The third kappa shape index (κ3) is 6.44. The molecule has 3 N–H and O–H groups in total. The number of guanidine groups is 1. The maximum atomic E-state index is 10.5. The van der Waals surface area contributed by atoms with E-state index in [2.05, 4.69) is 27.8 Å². The monoisotopic (exact) mass is 405 g/mol. The third-order valence-electron chi connectivity index (χ3n) is 4.63. The summed E-state index contributed by atoms with van der Waals surface area (Å²) in [5.74, 6) is 0.724. The number of aliphatic hydroxyl groups excluding tert-OH is 1. The summed E-state index contributed by atoms with van der Waals surface area (Å²) in [6, 6.07) is 10.2. The first kappa shape index (κ1) is 21.0. The summed E-state index contributed by atoms with van der Waals surface area (Å²) in [6.45, 7) is 6.18. The van der Waals surface area contributed by atoms with Crippen molar-refractivity contribution in [1.82, 2.24) is 10.6 Å². The van der Waals surface area contributed by atoms with Crippen LogP contribution >= 0.6 is 11.3 Å². The number of ether oxygens (including phenoxy) is 2.